The lowest BCUT2D eigenvalue weighted by Gasteiger charge is -2.21. The maximum Gasteiger partial charge on any atom is 0.287 e. The van der Waals surface area contributed by atoms with Gasteiger partial charge in [0.1, 0.15) is 0 Å². The number of carbonyl (C=O) groups is 1. The van der Waals surface area contributed by atoms with Crippen molar-refractivity contribution in [3.05, 3.63) is 41.6 Å². The molecule has 0 spiro atoms. The van der Waals surface area contributed by atoms with Crippen LogP contribution in [0.15, 0.2) is 34.1 Å². The molecule has 0 saturated carbocycles. The van der Waals surface area contributed by atoms with Gasteiger partial charge in [-0.05, 0) is 26.3 Å². The molecule has 2 aromatic rings. The predicted octanol–water partition coefficient (Wildman–Crippen LogP) is 1.54. The second kappa shape index (κ2) is 9.65. The zero-order chi connectivity index (χ0) is 18.9. The monoisotopic (exact) mass is 360 g/mol. The molecule has 2 N–H and O–H groups in total. The van der Waals surface area contributed by atoms with Crippen LogP contribution in [0.3, 0.4) is 0 Å². The van der Waals surface area contributed by atoms with Gasteiger partial charge in [0.2, 0.25) is 0 Å². The maximum atomic E-state index is 12.0. The van der Waals surface area contributed by atoms with Crippen molar-refractivity contribution in [1.29, 1.82) is 0 Å². The largest absolute Gasteiger partial charge is 0.459 e. The molecule has 8 nitrogen and oxygen atoms in total. The number of furan rings is 1. The number of aryl methyl sites for hydroxylation is 2. The second-order valence-electron chi connectivity index (χ2n) is 6.16. The summed E-state index contributed by atoms with van der Waals surface area (Å²) in [5.41, 5.74) is 1.97. The highest BCUT2D eigenvalue weighted by atomic mass is 16.3. The van der Waals surface area contributed by atoms with E-state index in [1.54, 1.807) is 10.7 Å². The van der Waals surface area contributed by atoms with Gasteiger partial charge in [0, 0.05) is 57.6 Å². The van der Waals surface area contributed by atoms with Crippen LogP contribution in [0, 0.1) is 6.92 Å². The molecular formula is C18H28N6O2. The van der Waals surface area contributed by atoms with E-state index in [4.69, 9.17) is 4.42 Å². The van der Waals surface area contributed by atoms with Crippen molar-refractivity contribution in [1.82, 2.24) is 25.3 Å². The van der Waals surface area contributed by atoms with E-state index in [1.165, 1.54) is 6.26 Å². The summed E-state index contributed by atoms with van der Waals surface area (Å²) >= 11 is 0. The first kappa shape index (κ1) is 19.6. The van der Waals surface area contributed by atoms with Gasteiger partial charge in [-0.1, -0.05) is 0 Å². The standard InChI is InChI=1S/C18H28N6O2/c1-5-19-18(23(3)12-15-11-22-24(4)13-15)21-9-6-8-20-17(25)16-14(2)7-10-26-16/h7,10-11,13H,5-6,8-9,12H2,1-4H3,(H,19,21)(H,20,25). The van der Waals surface area contributed by atoms with Crippen LogP contribution in [0.5, 0.6) is 0 Å². The molecule has 0 fully saturated rings. The lowest BCUT2D eigenvalue weighted by atomic mass is 10.2. The Morgan fingerprint density at radius 3 is 2.85 bits per heavy atom. The lowest BCUT2D eigenvalue weighted by molar-refractivity contribution is 0.0925. The van der Waals surface area contributed by atoms with Crippen molar-refractivity contribution >= 4 is 11.9 Å². The number of rotatable bonds is 8. The van der Waals surface area contributed by atoms with Gasteiger partial charge in [0.05, 0.1) is 12.5 Å². The topological polar surface area (TPSA) is 87.7 Å². The molecule has 2 rings (SSSR count). The summed E-state index contributed by atoms with van der Waals surface area (Å²) in [4.78, 5) is 18.7. The lowest BCUT2D eigenvalue weighted by Crippen LogP contribution is -2.38. The van der Waals surface area contributed by atoms with Crippen molar-refractivity contribution in [3.8, 4) is 0 Å². The van der Waals surface area contributed by atoms with Gasteiger partial charge in [-0.3, -0.25) is 14.5 Å². The number of nitrogens with one attached hydrogen (secondary N) is 2. The fraction of sp³-hybridized carbons (Fsp3) is 0.500. The fourth-order valence-corrected chi connectivity index (χ4v) is 2.52. The van der Waals surface area contributed by atoms with Crippen molar-refractivity contribution in [2.75, 3.05) is 26.7 Å². The Bertz CT molecular complexity index is 734. The molecule has 0 bridgehead atoms. The fourth-order valence-electron chi connectivity index (χ4n) is 2.52. The van der Waals surface area contributed by atoms with Crippen LogP contribution in [-0.2, 0) is 13.6 Å². The Hall–Kier alpha value is -2.77. The van der Waals surface area contributed by atoms with Gasteiger partial charge in [0.15, 0.2) is 11.7 Å². The first-order chi connectivity index (χ1) is 12.5. The summed E-state index contributed by atoms with van der Waals surface area (Å²) in [6.45, 7) is 6.59. The van der Waals surface area contributed by atoms with Crippen LogP contribution in [0.25, 0.3) is 0 Å². The van der Waals surface area contributed by atoms with Crippen molar-refractivity contribution < 1.29 is 9.21 Å². The molecule has 0 aliphatic rings. The highest BCUT2D eigenvalue weighted by molar-refractivity contribution is 5.92. The van der Waals surface area contributed by atoms with Gasteiger partial charge in [-0.15, -0.1) is 0 Å². The van der Waals surface area contributed by atoms with Crippen LogP contribution in [0.1, 0.15) is 35.0 Å². The van der Waals surface area contributed by atoms with E-state index < -0.39 is 0 Å². The summed E-state index contributed by atoms with van der Waals surface area (Å²) in [5.74, 6) is 1.03. The Morgan fingerprint density at radius 1 is 1.42 bits per heavy atom. The van der Waals surface area contributed by atoms with Gasteiger partial charge in [-0.25, -0.2) is 0 Å². The number of nitrogens with zero attached hydrogens (tertiary/aromatic N) is 4. The summed E-state index contributed by atoms with van der Waals surface area (Å²) in [7, 11) is 3.90. The Morgan fingerprint density at radius 2 is 2.23 bits per heavy atom. The minimum absolute atomic E-state index is 0.183. The SMILES string of the molecule is CCNC(=NCCCNC(=O)c1occc1C)N(C)Cc1cnn(C)c1. The highest BCUT2D eigenvalue weighted by Gasteiger charge is 2.11. The number of aliphatic imine (C=N–C) groups is 1. The third-order valence-electron chi connectivity index (χ3n) is 3.82. The zero-order valence-electron chi connectivity index (χ0n) is 16.0. The molecule has 2 aromatic heterocycles. The van der Waals surface area contributed by atoms with Gasteiger partial charge in [-0.2, -0.15) is 5.10 Å². The summed E-state index contributed by atoms with van der Waals surface area (Å²) < 4.78 is 6.97. The molecule has 0 unspecified atom stereocenters. The third-order valence-corrected chi connectivity index (χ3v) is 3.82. The maximum absolute atomic E-state index is 12.0. The Kier molecular flexibility index (Phi) is 7.25. The molecule has 0 atom stereocenters. The van der Waals surface area contributed by atoms with E-state index in [0.717, 1.165) is 36.6 Å². The molecule has 0 aliphatic carbocycles. The normalized spacial score (nSPS) is 11.5. The molecule has 8 heteroatoms. The minimum atomic E-state index is -0.183. The summed E-state index contributed by atoms with van der Waals surface area (Å²) in [5, 5.41) is 10.3. The number of guanidine groups is 1. The summed E-state index contributed by atoms with van der Waals surface area (Å²) in [6, 6.07) is 1.78. The average Bonchev–Trinajstić information content (AvgIpc) is 3.21. The number of hydrogen-bond acceptors (Lipinski definition) is 4. The van der Waals surface area contributed by atoms with E-state index in [0.29, 0.717) is 18.8 Å². The predicted molar refractivity (Wildman–Crippen MR) is 101 cm³/mol. The van der Waals surface area contributed by atoms with E-state index in [-0.39, 0.29) is 5.91 Å². The molecular weight excluding hydrogens is 332 g/mol. The number of carbonyl (C=O) groups excluding carboxylic acids is 1. The molecule has 26 heavy (non-hydrogen) atoms. The van der Waals surface area contributed by atoms with Crippen molar-refractivity contribution in [2.45, 2.75) is 26.8 Å². The van der Waals surface area contributed by atoms with Gasteiger partial charge >= 0.3 is 0 Å². The summed E-state index contributed by atoms with van der Waals surface area (Å²) in [6.07, 6.45) is 6.12. The van der Waals surface area contributed by atoms with Crippen LogP contribution >= 0.6 is 0 Å². The highest BCUT2D eigenvalue weighted by Crippen LogP contribution is 2.08. The number of aromatic nitrogens is 2. The van der Waals surface area contributed by atoms with E-state index in [1.807, 2.05) is 40.3 Å². The molecule has 0 radical (unpaired) electrons. The first-order valence-corrected chi connectivity index (χ1v) is 8.80. The van der Waals surface area contributed by atoms with Gasteiger partial charge in [0.25, 0.3) is 5.91 Å². The molecule has 0 aliphatic heterocycles. The zero-order valence-corrected chi connectivity index (χ0v) is 16.0. The van der Waals surface area contributed by atoms with Crippen LogP contribution in [-0.4, -0.2) is 53.2 Å². The Labute approximate surface area is 154 Å². The molecule has 1 amide bonds. The van der Waals surface area contributed by atoms with E-state index in [9.17, 15) is 4.79 Å². The van der Waals surface area contributed by atoms with Crippen LogP contribution in [0.2, 0.25) is 0 Å². The van der Waals surface area contributed by atoms with Crippen LogP contribution in [0.4, 0.5) is 0 Å². The van der Waals surface area contributed by atoms with E-state index in [2.05, 4.69) is 25.6 Å². The third kappa shape index (κ3) is 5.65. The van der Waals surface area contributed by atoms with E-state index >= 15 is 0 Å². The van der Waals surface area contributed by atoms with Crippen molar-refractivity contribution in [2.24, 2.45) is 12.0 Å². The minimum Gasteiger partial charge on any atom is -0.459 e. The Balaban J connectivity index is 1.79. The molecule has 2 heterocycles. The van der Waals surface area contributed by atoms with Crippen LogP contribution < -0.4 is 10.6 Å². The van der Waals surface area contributed by atoms with Crippen molar-refractivity contribution in [3.63, 3.8) is 0 Å². The molecule has 0 saturated heterocycles. The number of amides is 1. The molecule has 0 aromatic carbocycles. The quantitative estimate of drug-likeness (QED) is 0.424. The second-order valence-corrected chi connectivity index (χ2v) is 6.16. The van der Waals surface area contributed by atoms with Gasteiger partial charge < -0.3 is 20.0 Å². The first-order valence-electron chi connectivity index (χ1n) is 8.80. The number of hydrogen-bond donors (Lipinski definition) is 2. The average molecular weight is 360 g/mol. The molecule has 142 valence electrons. The smallest absolute Gasteiger partial charge is 0.287 e.